The maximum atomic E-state index is 12.8. The molecule has 0 atom stereocenters. The first-order valence-electron chi connectivity index (χ1n) is 8.70. The molecule has 154 valence electrons. The van der Waals surface area contributed by atoms with Gasteiger partial charge in [0.2, 0.25) is 0 Å². The average Bonchev–Trinajstić information content (AvgIpc) is 2.71. The van der Waals surface area contributed by atoms with Gasteiger partial charge in [-0.25, -0.2) is 4.39 Å². The van der Waals surface area contributed by atoms with Gasteiger partial charge in [-0.15, -0.1) is 24.0 Å². The molecule has 2 aromatic carbocycles. The third kappa shape index (κ3) is 7.79. The zero-order valence-electron chi connectivity index (χ0n) is 16.3. The van der Waals surface area contributed by atoms with Crippen molar-refractivity contribution in [2.75, 3.05) is 34.4 Å². The zero-order valence-corrected chi connectivity index (χ0v) is 18.7. The van der Waals surface area contributed by atoms with E-state index in [0.717, 1.165) is 12.0 Å². The average molecular weight is 503 g/mol. The van der Waals surface area contributed by atoms with Gasteiger partial charge in [0.1, 0.15) is 11.6 Å². The molecule has 0 heterocycles. The molecule has 0 fully saturated rings. The number of guanidine groups is 1. The summed E-state index contributed by atoms with van der Waals surface area (Å²) in [6, 6.07) is 11.8. The van der Waals surface area contributed by atoms with E-state index in [1.54, 1.807) is 33.4 Å². The Bertz CT molecular complexity index is 742. The molecule has 0 aromatic heterocycles. The van der Waals surface area contributed by atoms with Gasteiger partial charge in [0.15, 0.2) is 17.5 Å². The largest absolute Gasteiger partial charge is 0.494 e. The fourth-order valence-corrected chi connectivity index (χ4v) is 2.40. The number of halogens is 2. The van der Waals surface area contributed by atoms with Gasteiger partial charge in [-0.2, -0.15) is 0 Å². The Labute approximate surface area is 182 Å². The van der Waals surface area contributed by atoms with E-state index in [-0.39, 0.29) is 29.8 Å². The van der Waals surface area contributed by atoms with Crippen molar-refractivity contribution in [1.29, 1.82) is 0 Å². The van der Waals surface area contributed by atoms with Gasteiger partial charge < -0.3 is 24.8 Å². The van der Waals surface area contributed by atoms with Gasteiger partial charge >= 0.3 is 0 Å². The van der Waals surface area contributed by atoms with Gasteiger partial charge in [0, 0.05) is 20.1 Å². The predicted octanol–water partition coefficient (Wildman–Crippen LogP) is 3.60. The summed E-state index contributed by atoms with van der Waals surface area (Å²) in [5, 5.41) is 6.48. The topological polar surface area (TPSA) is 64.1 Å². The number of hydrogen-bond donors (Lipinski definition) is 2. The van der Waals surface area contributed by atoms with Crippen molar-refractivity contribution < 1.29 is 18.6 Å². The number of nitrogens with zero attached hydrogens (tertiary/aromatic N) is 1. The summed E-state index contributed by atoms with van der Waals surface area (Å²) < 4.78 is 28.9. The third-order valence-electron chi connectivity index (χ3n) is 3.83. The first-order chi connectivity index (χ1) is 13.2. The molecule has 0 amide bonds. The molecule has 6 nitrogen and oxygen atoms in total. The van der Waals surface area contributed by atoms with Gasteiger partial charge in [-0.05, 0) is 48.4 Å². The van der Waals surface area contributed by atoms with Crippen molar-refractivity contribution in [2.24, 2.45) is 4.99 Å². The van der Waals surface area contributed by atoms with Crippen LogP contribution in [0.4, 0.5) is 4.39 Å². The number of rotatable bonds is 9. The van der Waals surface area contributed by atoms with Crippen LogP contribution in [0.1, 0.15) is 12.0 Å². The lowest BCUT2D eigenvalue weighted by molar-refractivity contribution is 0.310. The smallest absolute Gasteiger partial charge is 0.191 e. The monoisotopic (exact) mass is 503 g/mol. The molecule has 0 aliphatic rings. The summed E-state index contributed by atoms with van der Waals surface area (Å²) in [5.74, 6) is 2.48. The summed E-state index contributed by atoms with van der Waals surface area (Å²) in [6.07, 6.45) is 0.786. The van der Waals surface area contributed by atoms with Gasteiger partial charge in [-0.1, -0.05) is 6.07 Å². The molecule has 2 aromatic rings. The van der Waals surface area contributed by atoms with E-state index < -0.39 is 0 Å². The van der Waals surface area contributed by atoms with Crippen molar-refractivity contribution in [2.45, 2.75) is 13.0 Å². The van der Waals surface area contributed by atoms with Crippen LogP contribution in [0.15, 0.2) is 47.5 Å². The Morgan fingerprint density at radius 3 is 2.36 bits per heavy atom. The highest BCUT2D eigenvalue weighted by Crippen LogP contribution is 2.27. The molecule has 0 aliphatic heterocycles. The van der Waals surface area contributed by atoms with E-state index in [1.807, 2.05) is 18.2 Å². The molecule has 28 heavy (non-hydrogen) atoms. The van der Waals surface area contributed by atoms with Crippen molar-refractivity contribution >= 4 is 29.9 Å². The zero-order chi connectivity index (χ0) is 19.5. The van der Waals surface area contributed by atoms with Crippen LogP contribution < -0.4 is 24.8 Å². The molecule has 0 aliphatic carbocycles. The Morgan fingerprint density at radius 1 is 1.00 bits per heavy atom. The maximum absolute atomic E-state index is 12.8. The van der Waals surface area contributed by atoms with Crippen molar-refractivity contribution in [1.82, 2.24) is 10.6 Å². The lowest BCUT2D eigenvalue weighted by atomic mass is 10.2. The number of benzene rings is 2. The Morgan fingerprint density at radius 2 is 1.71 bits per heavy atom. The molecule has 2 N–H and O–H groups in total. The highest BCUT2D eigenvalue weighted by atomic mass is 127. The highest BCUT2D eigenvalue weighted by Gasteiger charge is 2.05. The highest BCUT2D eigenvalue weighted by molar-refractivity contribution is 14.0. The van der Waals surface area contributed by atoms with Crippen molar-refractivity contribution in [3.05, 3.63) is 53.8 Å². The van der Waals surface area contributed by atoms with Crippen LogP contribution in [-0.4, -0.2) is 40.4 Å². The van der Waals surface area contributed by atoms with Crippen LogP contribution >= 0.6 is 24.0 Å². The lowest BCUT2D eigenvalue weighted by Gasteiger charge is -2.13. The Balaban J connectivity index is 0.00000392. The molecule has 2 rings (SSSR count). The Kier molecular flexibility index (Phi) is 11.1. The normalized spacial score (nSPS) is 10.6. The molecule has 0 radical (unpaired) electrons. The summed E-state index contributed by atoms with van der Waals surface area (Å²) in [7, 11) is 4.95. The number of ether oxygens (including phenoxy) is 3. The Hall–Kier alpha value is -2.23. The second-order valence-corrected chi connectivity index (χ2v) is 5.70. The van der Waals surface area contributed by atoms with Gasteiger partial charge in [-0.3, -0.25) is 4.99 Å². The van der Waals surface area contributed by atoms with E-state index in [0.29, 0.717) is 42.9 Å². The first-order valence-corrected chi connectivity index (χ1v) is 8.70. The molecule has 0 spiro atoms. The minimum absolute atomic E-state index is 0. The van der Waals surface area contributed by atoms with Crippen molar-refractivity contribution in [3.8, 4) is 17.2 Å². The molecular weight excluding hydrogens is 476 g/mol. The molecule has 0 unspecified atom stereocenters. The minimum atomic E-state index is -0.270. The van der Waals surface area contributed by atoms with Crippen molar-refractivity contribution in [3.63, 3.8) is 0 Å². The summed E-state index contributed by atoms with van der Waals surface area (Å²) in [5.41, 5.74) is 1.05. The minimum Gasteiger partial charge on any atom is -0.494 e. The van der Waals surface area contributed by atoms with Crippen LogP contribution in [0.5, 0.6) is 17.2 Å². The third-order valence-corrected chi connectivity index (χ3v) is 3.83. The van der Waals surface area contributed by atoms with Gasteiger partial charge in [0.25, 0.3) is 0 Å². The maximum Gasteiger partial charge on any atom is 0.191 e. The lowest BCUT2D eigenvalue weighted by Crippen LogP contribution is -2.37. The predicted molar refractivity (Wildman–Crippen MR) is 120 cm³/mol. The molecule has 8 heteroatoms. The number of aliphatic imine (C=N–C) groups is 1. The van der Waals surface area contributed by atoms with Crippen LogP contribution in [0.2, 0.25) is 0 Å². The second-order valence-electron chi connectivity index (χ2n) is 5.70. The standard InChI is InChI=1S/C20H26FN3O3.HI/c1-22-20(23-11-4-12-27-17-8-6-16(21)7-9-17)24-14-15-5-10-18(25-2)19(13-15)26-3;/h5-10,13H,4,11-12,14H2,1-3H3,(H2,22,23,24);1H. The summed E-state index contributed by atoms with van der Waals surface area (Å²) in [4.78, 5) is 4.20. The first kappa shape index (κ1) is 23.8. The summed E-state index contributed by atoms with van der Waals surface area (Å²) >= 11 is 0. The molecule has 0 bridgehead atoms. The van der Waals surface area contributed by atoms with Crippen LogP contribution in [0, 0.1) is 5.82 Å². The van der Waals surface area contributed by atoms with E-state index in [2.05, 4.69) is 15.6 Å². The fraction of sp³-hybridized carbons (Fsp3) is 0.350. The van der Waals surface area contributed by atoms with Crippen LogP contribution in [0.25, 0.3) is 0 Å². The number of nitrogens with one attached hydrogen (secondary N) is 2. The van der Waals surface area contributed by atoms with E-state index in [1.165, 1.54) is 12.1 Å². The van der Waals surface area contributed by atoms with E-state index in [4.69, 9.17) is 14.2 Å². The van der Waals surface area contributed by atoms with E-state index in [9.17, 15) is 4.39 Å². The van der Waals surface area contributed by atoms with Gasteiger partial charge in [0.05, 0.1) is 20.8 Å². The SMILES string of the molecule is CN=C(NCCCOc1ccc(F)cc1)NCc1ccc(OC)c(OC)c1.I. The second kappa shape index (κ2) is 13.0. The summed E-state index contributed by atoms with van der Waals surface area (Å²) in [6.45, 7) is 1.84. The quantitative estimate of drug-likeness (QED) is 0.237. The van der Waals surface area contributed by atoms with E-state index >= 15 is 0 Å². The fourth-order valence-electron chi connectivity index (χ4n) is 2.40. The van der Waals surface area contributed by atoms with Crippen LogP contribution in [-0.2, 0) is 6.54 Å². The molecule has 0 saturated heterocycles. The molecule has 0 saturated carbocycles. The number of hydrogen-bond acceptors (Lipinski definition) is 4. The number of methoxy groups -OCH3 is 2. The van der Waals surface area contributed by atoms with Crippen LogP contribution in [0.3, 0.4) is 0 Å². The molecular formula is C20H27FIN3O3.